The van der Waals surface area contributed by atoms with Gasteiger partial charge < -0.3 is 9.74 Å². The highest BCUT2D eigenvalue weighted by molar-refractivity contribution is 6.34. The summed E-state index contributed by atoms with van der Waals surface area (Å²) in [6.45, 7) is 13.5. The molecule has 3 rings (SSSR count). The second-order valence-corrected chi connectivity index (χ2v) is 5.81. The molecule has 5 nitrogen and oxygen atoms in total. The Morgan fingerprint density at radius 1 is 1.08 bits per heavy atom. The van der Waals surface area contributed by atoms with E-state index in [1.807, 2.05) is 42.5 Å². The highest BCUT2D eigenvalue weighted by atomic mass is 16.2. The summed E-state index contributed by atoms with van der Waals surface area (Å²) in [6, 6.07) is 17.1. The molecule has 0 atom stereocenters. The van der Waals surface area contributed by atoms with Crippen LogP contribution in [0, 0.1) is 6.57 Å². The van der Waals surface area contributed by atoms with Crippen molar-refractivity contribution in [3.8, 4) is 0 Å². The first-order valence-electron chi connectivity index (χ1n) is 8.60. The molecule has 1 aliphatic rings. The summed E-state index contributed by atoms with van der Waals surface area (Å²) in [7, 11) is 0. The number of carbonyl (C=O) groups is 1. The highest BCUT2D eigenvalue weighted by Gasteiger charge is 2.34. The number of nitrogens with zero attached hydrogens (tertiary/aromatic N) is 4. The standard InChI is InChI=1S/C21H20N4O/c1-4-24(5-2)17-13-11-16(12-14-17)15-19-20(22-3)23-25(21(19)26)18-9-7-6-8-10-18/h6-15H,4-5H2,1-2H3. The lowest BCUT2D eigenvalue weighted by Crippen LogP contribution is -2.21. The number of hydrazone groups is 1. The quantitative estimate of drug-likeness (QED) is 0.602. The number of anilines is 2. The van der Waals surface area contributed by atoms with Crippen molar-refractivity contribution in [2.75, 3.05) is 23.0 Å². The Labute approximate surface area is 153 Å². The first-order chi connectivity index (χ1) is 12.7. The van der Waals surface area contributed by atoms with Crippen LogP contribution >= 0.6 is 0 Å². The van der Waals surface area contributed by atoms with Gasteiger partial charge in [0.25, 0.3) is 5.91 Å². The number of hydrogen-bond donors (Lipinski definition) is 0. The Morgan fingerprint density at radius 2 is 1.73 bits per heavy atom. The van der Waals surface area contributed by atoms with Gasteiger partial charge in [-0.2, -0.15) is 0 Å². The zero-order valence-corrected chi connectivity index (χ0v) is 14.9. The lowest BCUT2D eigenvalue weighted by Gasteiger charge is -2.20. The monoisotopic (exact) mass is 344 g/mol. The molecule has 2 aromatic carbocycles. The Bertz CT molecular complexity index is 888. The van der Waals surface area contributed by atoms with Crippen LogP contribution in [-0.2, 0) is 4.79 Å². The molecule has 0 saturated heterocycles. The molecule has 1 aliphatic heterocycles. The van der Waals surface area contributed by atoms with Gasteiger partial charge >= 0.3 is 5.84 Å². The van der Waals surface area contributed by atoms with Gasteiger partial charge in [-0.3, -0.25) is 4.79 Å². The number of rotatable bonds is 5. The van der Waals surface area contributed by atoms with Crippen molar-refractivity contribution >= 4 is 29.2 Å². The lowest BCUT2D eigenvalue weighted by atomic mass is 10.1. The minimum Gasteiger partial charge on any atom is -0.372 e. The van der Waals surface area contributed by atoms with Crippen LogP contribution < -0.4 is 9.91 Å². The minimum atomic E-state index is -0.282. The van der Waals surface area contributed by atoms with Gasteiger partial charge in [0.1, 0.15) is 0 Å². The molecule has 0 saturated carbocycles. The van der Waals surface area contributed by atoms with E-state index in [0.717, 1.165) is 24.3 Å². The van der Waals surface area contributed by atoms with Gasteiger partial charge in [-0.05, 0) is 48.8 Å². The molecule has 0 unspecified atom stereocenters. The second kappa shape index (κ2) is 7.66. The van der Waals surface area contributed by atoms with E-state index in [1.54, 1.807) is 18.2 Å². The molecular weight excluding hydrogens is 324 g/mol. The molecule has 0 radical (unpaired) electrons. The van der Waals surface area contributed by atoms with Crippen LogP contribution in [0.15, 0.2) is 65.3 Å². The number of para-hydroxylation sites is 1. The molecule has 0 fully saturated rings. The van der Waals surface area contributed by atoms with Crippen molar-refractivity contribution in [2.24, 2.45) is 5.10 Å². The van der Waals surface area contributed by atoms with Crippen LogP contribution in [-0.4, -0.2) is 24.8 Å². The van der Waals surface area contributed by atoms with E-state index in [1.165, 1.54) is 5.01 Å². The number of amides is 1. The van der Waals surface area contributed by atoms with Gasteiger partial charge in [0.2, 0.25) is 0 Å². The second-order valence-electron chi connectivity index (χ2n) is 5.81. The molecule has 1 heterocycles. The Morgan fingerprint density at radius 3 is 2.31 bits per heavy atom. The number of amidine groups is 1. The number of benzene rings is 2. The third-order valence-electron chi connectivity index (χ3n) is 4.30. The van der Waals surface area contributed by atoms with Crippen LogP contribution in [0.1, 0.15) is 19.4 Å². The van der Waals surface area contributed by atoms with Gasteiger partial charge in [0.05, 0.1) is 11.3 Å². The normalized spacial score (nSPS) is 15.1. The summed E-state index contributed by atoms with van der Waals surface area (Å²) >= 11 is 0. The average Bonchev–Trinajstić information content (AvgIpc) is 3.00. The van der Waals surface area contributed by atoms with Gasteiger partial charge in [-0.25, -0.2) is 0 Å². The van der Waals surface area contributed by atoms with Gasteiger partial charge in [0.15, 0.2) is 0 Å². The van der Waals surface area contributed by atoms with Gasteiger partial charge in [0, 0.05) is 18.8 Å². The molecule has 1 amide bonds. The molecule has 26 heavy (non-hydrogen) atoms. The maximum Gasteiger partial charge on any atom is 0.307 e. The Kier molecular flexibility index (Phi) is 5.14. The summed E-state index contributed by atoms with van der Waals surface area (Å²) in [6.07, 6.45) is 1.73. The van der Waals surface area contributed by atoms with Crippen LogP contribution in [0.2, 0.25) is 0 Å². The fourth-order valence-corrected chi connectivity index (χ4v) is 2.89. The maximum atomic E-state index is 12.7. The van der Waals surface area contributed by atoms with Crippen molar-refractivity contribution in [3.05, 3.63) is 77.2 Å². The molecule has 0 bridgehead atoms. The Balaban J connectivity index is 1.90. The number of hydrogen-bond acceptors (Lipinski definition) is 3. The highest BCUT2D eigenvalue weighted by Crippen LogP contribution is 2.26. The first-order valence-corrected chi connectivity index (χ1v) is 8.60. The summed E-state index contributed by atoms with van der Waals surface area (Å²) in [5, 5.41) is 5.46. The molecule has 0 spiro atoms. The van der Waals surface area contributed by atoms with E-state index in [2.05, 4.69) is 28.7 Å². The zero-order chi connectivity index (χ0) is 18.5. The van der Waals surface area contributed by atoms with Crippen molar-refractivity contribution in [2.45, 2.75) is 13.8 Å². The van der Waals surface area contributed by atoms with E-state index in [0.29, 0.717) is 11.3 Å². The molecule has 130 valence electrons. The van der Waals surface area contributed by atoms with E-state index in [9.17, 15) is 4.79 Å². The van der Waals surface area contributed by atoms with E-state index in [-0.39, 0.29) is 11.7 Å². The van der Waals surface area contributed by atoms with Crippen molar-refractivity contribution in [1.82, 2.24) is 0 Å². The molecule has 5 heteroatoms. The van der Waals surface area contributed by atoms with E-state index in [4.69, 9.17) is 6.57 Å². The van der Waals surface area contributed by atoms with Crippen LogP contribution in [0.5, 0.6) is 0 Å². The van der Waals surface area contributed by atoms with E-state index < -0.39 is 0 Å². The topological polar surface area (TPSA) is 40.3 Å². The smallest absolute Gasteiger partial charge is 0.307 e. The van der Waals surface area contributed by atoms with Crippen LogP contribution in [0.3, 0.4) is 0 Å². The lowest BCUT2D eigenvalue weighted by molar-refractivity contribution is -0.114. The number of carbonyl (C=O) groups excluding carboxylic acids is 1. The molecule has 0 N–H and O–H groups in total. The minimum absolute atomic E-state index is 0.117. The molecule has 0 aromatic heterocycles. The zero-order valence-electron chi connectivity index (χ0n) is 14.9. The molecular formula is C21H20N4O. The first kappa shape index (κ1) is 17.4. The Hall–Kier alpha value is -3.39. The van der Waals surface area contributed by atoms with Gasteiger partial charge in [-0.1, -0.05) is 43.0 Å². The van der Waals surface area contributed by atoms with Crippen molar-refractivity contribution in [1.29, 1.82) is 0 Å². The van der Waals surface area contributed by atoms with Gasteiger partial charge in [-0.15, -0.1) is 5.01 Å². The SMILES string of the molecule is [C-]#[N+]C1=NN(c2ccccc2)C(=O)C1=Cc1ccc(N(CC)CC)cc1. The third-order valence-corrected chi connectivity index (χ3v) is 4.30. The summed E-state index contributed by atoms with van der Waals surface area (Å²) in [5.74, 6) is -0.165. The molecule has 2 aromatic rings. The van der Waals surface area contributed by atoms with Crippen LogP contribution in [0.25, 0.3) is 10.9 Å². The molecule has 0 aliphatic carbocycles. The summed E-state index contributed by atoms with van der Waals surface area (Å²) < 4.78 is 0. The third kappa shape index (κ3) is 3.35. The van der Waals surface area contributed by atoms with Crippen LogP contribution in [0.4, 0.5) is 11.4 Å². The fourth-order valence-electron chi connectivity index (χ4n) is 2.89. The average molecular weight is 344 g/mol. The predicted octanol–water partition coefficient (Wildman–Crippen LogP) is 4.20. The largest absolute Gasteiger partial charge is 0.372 e. The summed E-state index contributed by atoms with van der Waals surface area (Å²) in [4.78, 5) is 18.4. The van der Waals surface area contributed by atoms with Crippen molar-refractivity contribution < 1.29 is 4.79 Å². The maximum absolute atomic E-state index is 12.7. The van der Waals surface area contributed by atoms with Crippen molar-refractivity contribution in [3.63, 3.8) is 0 Å². The predicted molar refractivity (Wildman–Crippen MR) is 106 cm³/mol. The fraction of sp³-hybridized carbons (Fsp3) is 0.190. The summed E-state index contributed by atoms with van der Waals surface area (Å²) in [5.41, 5.74) is 2.98. The van der Waals surface area contributed by atoms with E-state index >= 15 is 0 Å².